The molecule has 0 radical (unpaired) electrons. The number of hydrogen-bond acceptors (Lipinski definition) is 5. The largest absolute Gasteiger partial charge is 0.467 e. The van der Waals surface area contributed by atoms with Crippen LogP contribution in [-0.2, 0) is 9.53 Å². The van der Waals surface area contributed by atoms with Crippen LogP contribution in [0, 0.1) is 0 Å². The molecule has 1 aromatic rings. The Bertz CT molecular complexity index is 479. The van der Waals surface area contributed by atoms with Crippen LogP contribution in [0.3, 0.4) is 0 Å². The number of esters is 1. The van der Waals surface area contributed by atoms with Crippen LogP contribution >= 0.6 is 0 Å². The molecule has 0 aliphatic heterocycles. The van der Waals surface area contributed by atoms with Gasteiger partial charge < -0.3 is 9.84 Å². The van der Waals surface area contributed by atoms with Crippen LogP contribution in [0.4, 0.5) is 0 Å². The summed E-state index contributed by atoms with van der Waals surface area (Å²) in [5.41, 5.74) is 0.731. The predicted molar refractivity (Wildman–Crippen MR) is 63.8 cm³/mol. The van der Waals surface area contributed by atoms with Crippen molar-refractivity contribution in [2.24, 2.45) is 0 Å². The smallest absolute Gasteiger partial charge is 0.333 e. The highest BCUT2D eigenvalue weighted by atomic mass is 16.5. The Kier molecular flexibility index (Phi) is 3.57. The number of aliphatic hydroxyl groups is 1. The molecule has 0 spiro atoms. The van der Waals surface area contributed by atoms with Crippen molar-refractivity contribution in [2.75, 3.05) is 7.11 Å². The quantitative estimate of drug-likeness (QED) is 0.790. The van der Waals surface area contributed by atoms with Crippen molar-refractivity contribution in [2.45, 2.75) is 25.0 Å². The lowest BCUT2D eigenvalue weighted by atomic mass is 10.1. The van der Waals surface area contributed by atoms with Crippen LogP contribution in [-0.4, -0.2) is 39.3 Å². The lowest BCUT2D eigenvalue weighted by Gasteiger charge is -2.16. The first-order chi connectivity index (χ1) is 8.63. The standard InChI is InChI=1S/C12H15N3O3/c1-8(16)11(12(17)18-2)15-7-10(13-14-15)9-5-3-4-6-9/h3-9,11,16H,1-2H3/t8-,11+/m1/s1. The summed E-state index contributed by atoms with van der Waals surface area (Å²) >= 11 is 0. The van der Waals surface area contributed by atoms with Crippen LogP contribution in [0.15, 0.2) is 30.5 Å². The summed E-state index contributed by atoms with van der Waals surface area (Å²) in [4.78, 5) is 11.6. The molecular weight excluding hydrogens is 234 g/mol. The fourth-order valence-corrected chi connectivity index (χ4v) is 1.85. The van der Waals surface area contributed by atoms with E-state index in [9.17, 15) is 9.90 Å². The monoisotopic (exact) mass is 249 g/mol. The van der Waals surface area contributed by atoms with E-state index in [4.69, 9.17) is 0 Å². The molecule has 2 rings (SSSR count). The van der Waals surface area contributed by atoms with Gasteiger partial charge in [0, 0.05) is 5.92 Å². The van der Waals surface area contributed by atoms with Crippen molar-refractivity contribution in [3.05, 3.63) is 36.2 Å². The van der Waals surface area contributed by atoms with Crippen LogP contribution in [0.5, 0.6) is 0 Å². The Morgan fingerprint density at radius 2 is 2.17 bits per heavy atom. The summed E-state index contributed by atoms with van der Waals surface area (Å²) in [5, 5.41) is 17.5. The molecule has 0 saturated heterocycles. The lowest BCUT2D eigenvalue weighted by molar-refractivity contribution is -0.148. The number of aliphatic hydroxyl groups excluding tert-OH is 1. The Hall–Kier alpha value is -1.95. The van der Waals surface area contributed by atoms with Gasteiger partial charge in [0.25, 0.3) is 0 Å². The van der Waals surface area contributed by atoms with Crippen molar-refractivity contribution in [1.82, 2.24) is 15.0 Å². The molecule has 6 nitrogen and oxygen atoms in total. The summed E-state index contributed by atoms with van der Waals surface area (Å²) in [7, 11) is 1.28. The zero-order chi connectivity index (χ0) is 13.1. The number of carbonyl (C=O) groups is 1. The fraction of sp³-hybridized carbons (Fsp3) is 0.417. The van der Waals surface area contributed by atoms with Gasteiger partial charge in [-0.05, 0) is 6.92 Å². The molecule has 1 aliphatic carbocycles. The average Bonchev–Trinajstić information content (AvgIpc) is 2.98. The van der Waals surface area contributed by atoms with E-state index in [0.717, 1.165) is 5.69 Å². The van der Waals surface area contributed by atoms with E-state index in [-0.39, 0.29) is 5.92 Å². The summed E-state index contributed by atoms with van der Waals surface area (Å²) in [6, 6.07) is -0.870. The second-order valence-electron chi connectivity index (χ2n) is 4.13. The maximum Gasteiger partial charge on any atom is 0.333 e. The van der Waals surface area contributed by atoms with Gasteiger partial charge in [-0.1, -0.05) is 29.5 Å². The van der Waals surface area contributed by atoms with Gasteiger partial charge in [0.15, 0.2) is 6.04 Å². The maximum absolute atomic E-state index is 11.6. The highest BCUT2D eigenvalue weighted by Gasteiger charge is 2.28. The molecule has 2 atom stereocenters. The minimum atomic E-state index is -0.901. The second kappa shape index (κ2) is 5.14. The van der Waals surface area contributed by atoms with Gasteiger partial charge in [0.1, 0.15) is 0 Å². The Labute approximate surface area is 105 Å². The third kappa shape index (κ3) is 2.33. The molecule has 0 bridgehead atoms. The van der Waals surface area contributed by atoms with Crippen molar-refractivity contribution in [1.29, 1.82) is 0 Å². The molecule has 0 amide bonds. The number of carbonyl (C=O) groups excluding carboxylic acids is 1. The van der Waals surface area contributed by atoms with Gasteiger partial charge in [0.2, 0.25) is 0 Å². The van der Waals surface area contributed by atoms with E-state index >= 15 is 0 Å². The first-order valence-electron chi connectivity index (χ1n) is 5.66. The molecule has 6 heteroatoms. The molecule has 1 aliphatic rings. The van der Waals surface area contributed by atoms with Crippen LogP contribution in [0.25, 0.3) is 0 Å². The highest BCUT2D eigenvalue weighted by Crippen LogP contribution is 2.22. The Morgan fingerprint density at radius 1 is 1.50 bits per heavy atom. The van der Waals surface area contributed by atoms with E-state index < -0.39 is 18.1 Å². The first-order valence-corrected chi connectivity index (χ1v) is 5.66. The number of ether oxygens (including phenoxy) is 1. The summed E-state index contributed by atoms with van der Waals surface area (Å²) in [6.07, 6.45) is 8.56. The van der Waals surface area contributed by atoms with E-state index in [1.165, 1.54) is 18.7 Å². The third-order valence-electron chi connectivity index (χ3n) is 2.80. The zero-order valence-electron chi connectivity index (χ0n) is 10.2. The molecular formula is C12H15N3O3. The number of nitrogens with zero attached hydrogens (tertiary/aromatic N) is 3. The summed E-state index contributed by atoms with van der Waals surface area (Å²) in [5.74, 6) is -0.468. The molecule has 18 heavy (non-hydrogen) atoms. The van der Waals surface area contributed by atoms with Crippen molar-refractivity contribution >= 4 is 5.97 Å². The van der Waals surface area contributed by atoms with Crippen LogP contribution in [0.2, 0.25) is 0 Å². The molecule has 96 valence electrons. The fourth-order valence-electron chi connectivity index (χ4n) is 1.85. The third-order valence-corrected chi connectivity index (χ3v) is 2.80. The minimum Gasteiger partial charge on any atom is -0.467 e. The molecule has 1 heterocycles. The average molecular weight is 249 g/mol. The highest BCUT2D eigenvalue weighted by molar-refractivity contribution is 5.74. The molecule has 1 aromatic heterocycles. The molecule has 0 fully saturated rings. The van der Waals surface area contributed by atoms with Crippen LogP contribution < -0.4 is 0 Å². The van der Waals surface area contributed by atoms with Crippen molar-refractivity contribution in [3.63, 3.8) is 0 Å². The summed E-state index contributed by atoms with van der Waals surface area (Å²) < 4.78 is 5.99. The number of hydrogen-bond donors (Lipinski definition) is 1. The summed E-state index contributed by atoms with van der Waals surface area (Å²) in [6.45, 7) is 1.51. The number of methoxy groups -OCH3 is 1. The number of allylic oxidation sites excluding steroid dienone is 4. The normalized spacial score (nSPS) is 17.9. The van der Waals surface area contributed by atoms with Gasteiger partial charge in [-0.2, -0.15) is 0 Å². The van der Waals surface area contributed by atoms with Crippen molar-refractivity contribution < 1.29 is 14.6 Å². The van der Waals surface area contributed by atoms with E-state index in [1.807, 2.05) is 24.3 Å². The SMILES string of the molecule is COC(=O)[C@H]([C@@H](C)O)n1cc(C2C=CC=C2)nn1. The van der Waals surface area contributed by atoms with Gasteiger partial charge in [-0.3, -0.25) is 0 Å². The lowest BCUT2D eigenvalue weighted by Crippen LogP contribution is -2.30. The molecule has 0 unspecified atom stereocenters. The van der Waals surface area contributed by atoms with Gasteiger partial charge in [-0.25, -0.2) is 9.48 Å². The molecule has 0 saturated carbocycles. The number of aromatic nitrogens is 3. The minimum absolute atomic E-state index is 0.0750. The maximum atomic E-state index is 11.6. The second-order valence-corrected chi connectivity index (χ2v) is 4.13. The van der Waals surface area contributed by atoms with Gasteiger partial charge >= 0.3 is 5.97 Å². The number of rotatable bonds is 4. The Balaban J connectivity index is 2.24. The first kappa shape index (κ1) is 12.5. The van der Waals surface area contributed by atoms with E-state index in [1.54, 1.807) is 6.20 Å². The Morgan fingerprint density at radius 3 is 2.72 bits per heavy atom. The van der Waals surface area contributed by atoms with Crippen molar-refractivity contribution in [3.8, 4) is 0 Å². The molecule has 0 aromatic carbocycles. The molecule has 1 N–H and O–H groups in total. The van der Waals surface area contributed by atoms with E-state index in [0.29, 0.717) is 0 Å². The zero-order valence-corrected chi connectivity index (χ0v) is 10.2. The topological polar surface area (TPSA) is 77.2 Å². The van der Waals surface area contributed by atoms with E-state index in [2.05, 4.69) is 15.0 Å². The predicted octanol–water partition coefficient (Wildman–Crippen LogP) is 0.583. The van der Waals surface area contributed by atoms with Gasteiger partial charge in [-0.15, -0.1) is 5.10 Å². The van der Waals surface area contributed by atoms with Gasteiger partial charge in [0.05, 0.1) is 25.1 Å². The van der Waals surface area contributed by atoms with Crippen LogP contribution in [0.1, 0.15) is 24.6 Å².